The van der Waals surface area contributed by atoms with E-state index >= 15 is 0 Å². The van der Waals surface area contributed by atoms with Crippen LogP contribution < -0.4 is 0 Å². The molecule has 0 bridgehead atoms. The van der Waals surface area contributed by atoms with Crippen molar-refractivity contribution in [1.29, 1.82) is 0 Å². The molecule has 0 aliphatic heterocycles. The molecule has 1 rings (SSSR count). The van der Waals surface area contributed by atoms with Gasteiger partial charge >= 0.3 is 0 Å². The Kier molecular flexibility index (Phi) is 2.71. The second-order valence-corrected chi connectivity index (χ2v) is 4.51. The smallest absolute Gasteiger partial charge is 0.125 e. The van der Waals surface area contributed by atoms with Crippen molar-refractivity contribution in [2.45, 2.75) is 26.9 Å². The third-order valence-corrected chi connectivity index (χ3v) is 2.13. The first-order valence-corrected chi connectivity index (χ1v) is 4.52. The summed E-state index contributed by atoms with van der Waals surface area (Å²) in [5.41, 5.74) is 0.101. The molecule has 3 nitrogen and oxygen atoms in total. The Morgan fingerprint density at radius 1 is 1.14 bits per heavy atom. The van der Waals surface area contributed by atoms with Crippen LogP contribution in [0.25, 0.3) is 0 Å². The maximum absolute atomic E-state index is 9.89. The molecule has 0 aromatic heterocycles. The molecule has 78 valence electrons. The van der Waals surface area contributed by atoms with Gasteiger partial charge in [-0.3, -0.25) is 0 Å². The summed E-state index contributed by atoms with van der Waals surface area (Å²) in [5, 5.41) is 28.5. The minimum absolute atomic E-state index is 0.00707. The molecule has 0 fully saturated rings. The quantitative estimate of drug-likeness (QED) is 0.645. The monoisotopic (exact) mass is 196 g/mol. The van der Waals surface area contributed by atoms with Crippen LogP contribution in [-0.2, 0) is 0 Å². The number of phenols is 2. The predicted molar refractivity (Wildman–Crippen MR) is 54.2 cm³/mol. The minimum atomic E-state index is -0.747. The fraction of sp³-hybridized carbons (Fsp3) is 0.455. The van der Waals surface area contributed by atoms with E-state index in [1.165, 1.54) is 18.2 Å². The van der Waals surface area contributed by atoms with Crippen LogP contribution in [0.15, 0.2) is 18.2 Å². The lowest BCUT2D eigenvalue weighted by molar-refractivity contribution is 0.0604. The average Bonchev–Trinajstić information content (AvgIpc) is 2.01. The molecular weight excluding hydrogens is 180 g/mol. The highest BCUT2D eigenvalue weighted by molar-refractivity contribution is 5.40. The fourth-order valence-electron chi connectivity index (χ4n) is 1.23. The van der Waals surface area contributed by atoms with E-state index in [1.807, 2.05) is 20.8 Å². The van der Waals surface area contributed by atoms with Gasteiger partial charge in [0.15, 0.2) is 0 Å². The summed E-state index contributed by atoms with van der Waals surface area (Å²) in [7, 11) is 0. The molecule has 3 heteroatoms. The van der Waals surface area contributed by atoms with Crippen LogP contribution in [0.2, 0.25) is 0 Å². The molecule has 1 unspecified atom stereocenters. The number of rotatable bonds is 1. The number of hydrogen-bond acceptors (Lipinski definition) is 3. The summed E-state index contributed by atoms with van der Waals surface area (Å²) in [6.07, 6.45) is -0.747. The van der Waals surface area contributed by atoms with Crippen molar-refractivity contribution in [2.24, 2.45) is 5.41 Å². The molecule has 0 radical (unpaired) electrons. The normalized spacial score (nSPS) is 14.0. The second kappa shape index (κ2) is 3.50. The highest BCUT2D eigenvalue weighted by Gasteiger charge is 2.26. The second-order valence-electron chi connectivity index (χ2n) is 4.51. The van der Waals surface area contributed by atoms with Crippen molar-refractivity contribution in [1.82, 2.24) is 0 Å². The lowest BCUT2D eigenvalue weighted by Crippen LogP contribution is -2.17. The lowest BCUT2D eigenvalue weighted by atomic mass is 9.84. The van der Waals surface area contributed by atoms with Crippen LogP contribution in [0.4, 0.5) is 0 Å². The third-order valence-electron chi connectivity index (χ3n) is 2.13. The summed E-state index contributed by atoms with van der Waals surface area (Å²) in [6.45, 7) is 5.64. The molecular formula is C11H16O3. The van der Waals surface area contributed by atoms with Crippen LogP contribution in [0.5, 0.6) is 11.5 Å². The van der Waals surface area contributed by atoms with Crippen molar-refractivity contribution in [3.63, 3.8) is 0 Å². The topological polar surface area (TPSA) is 60.7 Å². The van der Waals surface area contributed by atoms with Gasteiger partial charge < -0.3 is 15.3 Å². The van der Waals surface area contributed by atoms with Gasteiger partial charge in [0.2, 0.25) is 0 Å². The van der Waals surface area contributed by atoms with E-state index in [-0.39, 0.29) is 16.9 Å². The highest BCUT2D eigenvalue weighted by atomic mass is 16.3. The molecule has 0 spiro atoms. The van der Waals surface area contributed by atoms with Gasteiger partial charge in [-0.25, -0.2) is 0 Å². The Morgan fingerprint density at radius 2 is 1.71 bits per heavy atom. The largest absolute Gasteiger partial charge is 0.508 e. The van der Waals surface area contributed by atoms with E-state index in [1.54, 1.807) is 0 Å². The molecule has 0 saturated carbocycles. The summed E-state index contributed by atoms with van der Waals surface area (Å²) < 4.78 is 0. The zero-order chi connectivity index (χ0) is 10.9. The molecule has 0 heterocycles. The summed E-state index contributed by atoms with van der Waals surface area (Å²) in [6, 6.07) is 4.20. The maximum Gasteiger partial charge on any atom is 0.125 e. The van der Waals surface area contributed by atoms with Crippen molar-refractivity contribution >= 4 is 0 Å². The van der Waals surface area contributed by atoms with E-state index < -0.39 is 6.10 Å². The SMILES string of the molecule is CC(C)(C)C(O)c1ccc(O)cc1O. The molecule has 0 aliphatic carbocycles. The van der Waals surface area contributed by atoms with Gasteiger partial charge in [-0.05, 0) is 17.5 Å². The van der Waals surface area contributed by atoms with E-state index in [9.17, 15) is 10.2 Å². The third kappa shape index (κ3) is 2.17. The number of aliphatic hydroxyl groups is 1. The molecule has 0 amide bonds. The minimum Gasteiger partial charge on any atom is -0.508 e. The molecule has 1 atom stereocenters. The molecule has 1 aromatic carbocycles. The van der Waals surface area contributed by atoms with Gasteiger partial charge in [-0.2, -0.15) is 0 Å². The van der Waals surface area contributed by atoms with Crippen LogP contribution in [0, 0.1) is 5.41 Å². The zero-order valence-corrected chi connectivity index (χ0v) is 8.65. The van der Waals surface area contributed by atoms with Crippen molar-refractivity contribution in [3.8, 4) is 11.5 Å². The average molecular weight is 196 g/mol. The van der Waals surface area contributed by atoms with Gasteiger partial charge in [-0.15, -0.1) is 0 Å². The molecule has 14 heavy (non-hydrogen) atoms. The Morgan fingerprint density at radius 3 is 2.14 bits per heavy atom. The van der Waals surface area contributed by atoms with Gasteiger partial charge in [-0.1, -0.05) is 20.8 Å². The maximum atomic E-state index is 9.89. The number of benzene rings is 1. The van der Waals surface area contributed by atoms with Gasteiger partial charge in [0.1, 0.15) is 11.5 Å². The Labute approximate surface area is 83.6 Å². The van der Waals surface area contributed by atoms with Crippen molar-refractivity contribution in [2.75, 3.05) is 0 Å². The van der Waals surface area contributed by atoms with Gasteiger partial charge in [0, 0.05) is 11.6 Å². The summed E-state index contributed by atoms with van der Waals surface area (Å²) in [5.74, 6) is -0.0835. The lowest BCUT2D eigenvalue weighted by Gasteiger charge is -2.26. The van der Waals surface area contributed by atoms with Crippen molar-refractivity contribution < 1.29 is 15.3 Å². The first kappa shape index (κ1) is 10.9. The molecule has 0 aliphatic rings. The van der Waals surface area contributed by atoms with E-state index in [0.717, 1.165) is 0 Å². The first-order valence-electron chi connectivity index (χ1n) is 4.52. The molecule has 3 N–H and O–H groups in total. The summed E-state index contributed by atoms with van der Waals surface area (Å²) in [4.78, 5) is 0. The highest BCUT2D eigenvalue weighted by Crippen LogP contribution is 2.37. The first-order chi connectivity index (χ1) is 6.32. The van der Waals surface area contributed by atoms with E-state index in [4.69, 9.17) is 5.11 Å². The molecule has 0 saturated heterocycles. The Bertz CT molecular complexity index is 326. The van der Waals surface area contributed by atoms with E-state index in [0.29, 0.717) is 5.56 Å². The number of phenolic OH excluding ortho intramolecular Hbond substituents is 2. The van der Waals surface area contributed by atoms with Crippen LogP contribution in [0.1, 0.15) is 32.4 Å². The van der Waals surface area contributed by atoms with Crippen LogP contribution in [0.3, 0.4) is 0 Å². The number of aromatic hydroxyl groups is 2. The van der Waals surface area contributed by atoms with Gasteiger partial charge in [0.25, 0.3) is 0 Å². The van der Waals surface area contributed by atoms with E-state index in [2.05, 4.69) is 0 Å². The van der Waals surface area contributed by atoms with Crippen molar-refractivity contribution in [3.05, 3.63) is 23.8 Å². The molecule has 1 aromatic rings. The van der Waals surface area contributed by atoms with Crippen LogP contribution >= 0.6 is 0 Å². The standard InChI is InChI=1S/C11H16O3/c1-11(2,3)10(14)8-5-4-7(12)6-9(8)13/h4-6,10,12-14H,1-3H3. The number of hydrogen-bond donors (Lipinski definition) is 3. The van der Waals surface area contributed by atoms with Gasteiger partial charge in [0.05, 0.1) is 6.10 Å². The Balaban J connectivity index is 3.08. The number of aliphatic hydroxyl groups excluding tert-OH is 1. The Hall–Kier alpha value is -1.22. The van der Waals surface area contributed by atoms with Crippen LogP contribution in [-0.4, -0.2) is 15.3 Å². The fourth-order valence-corrected chi connectivity index (χ4v) is 1.23. The zero-order valence-electron chi connectivity index (χ0n) is 8.65. The predicted octanol–water partition coefficient (Wildman–Crippen LogP) is 2.18. The summed E-state index contributed by atoms with van der Waals surface area (Å²) >= 11 is 0.